The molecule has 0 rings (SSSR count). The van der Waals surface area contributed by atoms with Gasteiger partial charge in [0.05, 0.1) is 19.3 Å². The number of alkyl halides is 1. The summed E-state index contributed by atoms with van der Waals surface area (Å²) >= 11 is 6.51. The van der Waals surface area contributed by atoms with Crippen LogP contribution in [0.2, 0.25) is 4.44 Å². The third kappa shape index (κ3) is 59.8. The molecule has 0 fully saturated rings. The molecule has 0 aliphatic heterocycles. The Morgan fingerprint density at radius 1 is 0.619 bits per heavy atom. The standard InChI is InChI=1S/C12H26O2.C8H18O2.C5H11ClO2.C3H8O3.C3H5.Sn.H/c13-11-9-7-5-3-1-2-4-6-8-10-12-14;1-3-5-8(10)7(4-2)6-9;6-5(8)3-1-2-4-7;4-1-3(6)2-5;1-3-2;;/h13-14H,1-12H2;7-10H,3-6H2,1-2H3;5,7-8H,1-4H2;3-6H,1-2H2;3H,1-2H2;;. The van der Waals surface area contributed by atoms with Crippen LogP contribution in [0.4, 0.5) is 0 Å². The Balaban J connectivity index is -0.000000144. The van der Waals surface area contributed by atoms with Crippen LogP contribution in [0.15, 0.2) is 12.7 Å². The Bertz CT molecular complexity index is 419. The van der Waals surface area contributed by atoms with E-state index in [9.17, 15) is 5.11 Å². The molecule has 9 nitrogen and oxygen atoms in total. The molecule has 0 aliphatic rings. The second kappa shape index (κ2) is 51.1. The van der Waals surface area contributed by atoms with Gasteiger partial charge in [-0.05, 0) is 44.9 Å². The molecule has 0 saturated carbocycles. The third-order valence-electron chi connectivity index (χ3n) is 5.89. The molecule has 0 spiro atoms. The van der Waals surface area contributed by atoms with Gasteiger partial charge >= 0.3 is 39.6 Å². The van der Waals surface area contributed by atoms with E-state index in [4.69, 9.17) is 52.5 Å². The zero-order chi connectivity index (χ0) is 33.3. The van der Waals surface area contributed by atoms with Crippen molar-refractivity contribution in [3.8, 4) is 0 Å². The number of hydrogen-bond donors (Lipinski definition) is 9. The van der Waals surface area contributed by atoms with Crippen LogP contribution in [0, 0.1) is 5.92 Å². The molecule has 9 N–H and O–H groups in total. The van der Waals surface area contributed by atoms with Gasteiger partial charge in [-0.3, -0.25) is 0 Å². The minimum Gasteiger partial charge on any atom is -0.396 e. The molecule has 258 valence electrons. The van der Waals surface area contributed by atoms with E-state index in [1.165, 1.54) is 78.3 Å². The van der Waals surface area contributed by atoms with E-state index in [0.717, 1.165) is 44.9 Å². The summed E-state index contributed by atoms with van der Waals surface area (Å²) in [7, 11) is 0. The van der Waals surface area contributed by atoms with Crippen molar-refractivity contribution in [2.45, 2.75) is 139 Å². The molecule has 3 unspecified atom stereocenters. The van der Waals surface area contributed by atoms with Gasteiger partial charge in [-0.25, -0.2) is 0 Å². The number of rotatable bonds is 23. The average molecular weight is 740 g/mol. The van der Waals surface area contributed by atoms with Gasteiger partial charge in [-0.1, -0.05) is 83.2 Å². The van der Waals surface area contributed by atoms with E-state index in [-0.39, 0.29) is 38.4 Å². The molecule has 0 aromatic rings. The largest absolute Gasteiger partial charge is 0.396 e. The minimum atomic E-state index is -0.954. The normalized spacial score (nSPS) is 12.2. The van der Waals surface area contributed by atoms with Crippen molar-refractivity contribution in [2.75, 3.05) is 39.6 Å². The van der Waals surface area contributed by atoms with Crippen molar-refractivity contribution < 1.29 is 46.0 Å². The van der Waals surface area contributed by atoms with Crippen LogP contribution < -0.4 is 0 Å². The molecule has 11 heteroatoms. The molecule has 0 saturated heterocycles. The Labute approximate surface area is 276 Å². The maximum absolute atomic E-state index is 9.35. The van der Waals surface area contributed by atoms with Crippen molar-refractivity contribution in [1.82, 2.24) is 0 Å². The van der Waals surface area contributed by atoms with E-state index in [1.54, 1.807) is 0 Å². The van der Waals surface area contributed by atoms with E-state index in [2.05, 4.69) is 6.58 Å². The fourth-order valence-electron chi connectivity index (χ4n) is 3.17. The second-order valence-electron chi connectivity index (χ2n) is 9.89. The van der Waals surface area contributed by atoms with Gasteiger partial charge in [-0.2, -0.15) is 0 Å². The summed E-state index contributed by atoms with van der Waals surface area (Å²) in [6, 6.07) is 0. The number of unbranched alkanes of at least 4 members (excludes halogenated alkanes) is 10. The van der Waals surface area contributed by atoms with Crippen molar-refractivity contribution in [1.29, 1.82) is 0 Å². The molecule has 0 heterocycles. The first-order valence-electron chi connectivity index (χ1n) is 15.8. The number of allylic oxidation sites excluding steroid dienone is 1. The van der Waals surface area contributed by atoms with Crippen molar-refractivity contribution in [2.24, 2.45) is 5.92 Å². The van der Waals surface area contributed by atoms with Gasteiger partial charge in [0.1, 0.15) is 11.7 Å². The fraction of sp³-hybridized carbons (Fsp3) is 0.935. The van der Waals surface area contributed by atoms with Crippen LogP contribution in [-0.2, 0) is 0 Å². The Hall–Kier alpha value is 0.469. The minimum absolute atomic E-state index is 0.0833. The Morgan fingerprint density at radius 3 is 1.19 bits per heavy atom. The van der Waals surface area contributed by atoms with Crippen molar-refractivity contribution >= 4 is 34.1 Å². The van der Waals surface area contributed by atoms with Crippen molar-refractivity contribution in [3.05, 3.63) is 12.7 Å². The summed E-state index contributed by atoms with van der Waals surface area (Å²) in [4.78, 5) is 0. The molecule has 0 aliphatic carbocycles. The van der Waals surface area contributed by atoms with Crippen LogP contribution in [0.5, 0.6) is 0 Å². The maximum atomic E-state index is 9.35. The summed E-state index contributed by atoms with van der Waals surface area (Å²) in [6.07, 6.45) is 17.6. The Morgan fingerprint density at radius 2 is 0.976 bits per heavy atom. The summed E-state index contributed by atoms with van der Waals surface area (Å²) in [5.74, 6) is 0.0833. The third-order valence-corrected chi connectivity index (χ3v) is 7.06. The predicted octanol–water partition coefficient (Wildman–Crippen LogP) is 3.57. The molecular formula is C31H69ClO9Sn. The molecule has 2 radical (unpaired) electrons. The molecule has 3 atom stereocenters. The van der Waals surface area contributed by atoms with Crippen LogP contribution in [0.1, 0.15) is 117 Å². The van der Waals surface area contributed by atoms with E-state index in [0.29, 0.717) is 19.6 Å². The summed E-state index contributed by atoms with van der Waals surface area (Å²) in [5, 5.41) is 76.0. The van der Waals surface area contributed by atoms with Crippen LogP contribution in [0.25, 0.3) is 0 Å². The number of aliphatic hydroxyl groups excluding tert-OH is 9. The SMILES string of the molecule is C=C[CH2][SnH].CCCC(O)C(CC)CO.OCC(O)CO.OCCCCC(O)Cl.OCCCCCCCCCCCCO. The van der Waals surface area contributed by atoms with Gasteiger partial charge in [0, 0.05) is 32.3 Å². The summed E-state index contributed by atoms with van der Waals surface area (Å²) in [5.41, 5.74) is -0.735. The van der Waals surface area contributed by atoms with E-state index in [1.807, 2.05) is 19.9 Å². The van der Waals surface area contributed by atoms with Gasteiger partial charge in [0.2, 0.25) is 0 Å². The zero-order valence-corrected chi connectivity index (χ0v) is 30.9. The zero-order valence-electron chi connectivity index (χ0n) is 26.8. The fourth-order valence-corrected chi connectivity index (χ4v) is 3.33. The second-order valence-corrected chi connectivity index (χ2v) is 11.7. The monoisotopic (exact) mass is 740 g/mol. The van der Waals surface area contributed by atoms with Gasteiger partial charge in [-0.15, -0.1) is 0 Å². The van der Waals surface area contributed by atoms with Crippen molar-refractivity contribution in [3.63, 3.8) is 0 Å². The smallest absolute Gasteiger partial charge is 0.128 e. The molecule has 0 amide bonds. The van der Waals surface area contributed by atoms with Gasteiger partial charge in [0.15, 0.2) is 0 Å². The van der Waals surface area contributed by atoms with E-state index >= 15 is 0 Å². The van der Waals surface area contributed by atoms with Gasteiger partial charge in [0.25, 0.3) is 0 Å². The van der Waals surface area contributed by atoms with E-state index < -0.39 is 11.7 Å². The summed E-state index contributed by atoms with van der Waals surface area (Å²) < 4.78 is 1.21. The van der Waals surface area contributed by atoms with Crippen LogP contribution in [0.3, 0.4) is 0 Å². The topological polar surface area (TPSA) is 182 Å². The molecule has 0 aromatic carbocycles. The first-order valence-corrected chi connectivity index (χ1v) is 18.6. The predicted molar refractivity (Wildman–Crippen MR) is 177 cm³/mol. The maximum Gasteiger partial charge on any atom is 0.128 e. The van der Waals surface area contributed by atoms with Crippen LogP contribution >= 0.6 is 11.6 Å². The molecule has 42 heavy (non-hydrogen) atoms. The average Bonchev–Trinajstić information content (AvgIpc) is 2.99. The first kappa shape index (κ1) is 52.0. The quantitative estimate of drug-likeness (QED) is 0.0328. The number of halogens is 1. The number of aliphatic hydroxyl groups is 9. The van der Waals surface area contributed by atoms with Gasteiger partial charge < -0.3 is 46.0 Å². The first-order chi connectivity index (χ1) is 20.2. The summed E-state index contributed by atoms with van der Waals surface area (Å²) in [6.45, 7) is 7.79. The van der Waals surface area contributed by atoms with Crippen LogP contribution in [-0.4, -0.2) is 126 Å². The molecule has 0 aromatic heterocycles. The Kier molecular flexibility index (Phi) is 63.2. The molecular weight excluding hydrogens is 670 g/mol. The molecule has 0 bridgehead atoms. The number of hydrogen-bond acceptors (Lipinski definition) is 9.